The van der Waals surface area contributed by atoms with Gasteiger partial charge in [0, 0.05) is 76.3 Å². The number of rotatable bonds is 24. The number of hydrogen-bond acceptors (Lipinski definition) is 15. The first kappa shape index (κ1) is 74.9. The van der Waals surface area contributed by atoms with Crippen LogP contribution < -0.4 is 21.3 Å². The minimum absolute atomic E-state index is 0. The number of carbonyl (C=O) groups excluding carboxylic acids is 7. The number of carboxylic acids is 2. The summed E-state index contributed by atoms with van der Waals surface area (Å²) in [5, 5.41) is 27.5. The van der Waals surface area contributed by atoms with Crippen molar-refractivity contribution >= 4 is 54.0 Å². The summed E-state index contributed by atoms with van der Waals surface area (Å²) in [7, 11) is 0. The number of fused-ring (bicyclic) bond motifs is 9. The van der Waals surface area contributed by atoms with E-state index in [1.165, 1.54) is 32.1 Å². The third-order valence-corrected chi connectivity index (χ3v) is 15.3. The number of benzene rings is 6. The number of carbonyl (C=O) groups is 9. The number of esters is 2. The molecule has 0 radical (unpaired) electrons. The molecule has 3 aliphatic rings. The lowest BCUT2D eigenvalue weighted by molar-refractivity contribution is -0.159. The molecule has 6 aromatic carbocycles. The fourth-order valence-electron chi connectivity index (χ4n) is 11.1. The molecule has 6 N–H and O–H groups in total. The molecule has 6 aromatic rings. The molecule has 0 saturated carbocycles. The van der Waals surface area contributed by atoms with Crippen LogP contribution in [0.15, 0.2) is 146 Å². The number of ether oxygens (including phenoxy) is 5. The van der Waals surface area contributed by atoms with Crippen molar-refractivity contribution in [1.29, 1.82) is 0 Å². The lowest BCUT2D eigenvalue weighted by atomic mass is 9.98. The van der Waals surface area contributed by atoms with Gasteiger partial charge < -0.3 is 65.0 Å². The molecule has 512 valence electrons. The van der Waals surface area contributed by atoms with Gasteiger partial charge >= 0.3 is 43.6 Å². The van der Waals surface area contributed by atoms with Crippen molar-refractivity contribution in [2.24, 2.45) is 0 Å². The van der Waals surface area contributed by atoms with Crippen molar-refractivity contribution in [2.75, 3.05) is 78.7 Å². The first-order chi connectivity index (χ1) is 45.8. The Morgan fingerprint density at radius 1 is 0.396 bits per heavy atom. The van der Waals surface area contributed by atoms with E-state index in [0.29, 0.717) is 13.1 Å². The van der Waals surface area contributed by atoms with Crippen molar-refractivity contribution in [3.05, 3.63) is 179 Å². The molecule has 0 heterocycles. The van der Waals surface area contributed by atoms with Crippen LogP contribution in [0.5, 0.6) is 0 Å². The van der Waals surface area contributed by atoms with Gasteiger partial charge in [0.05, 0.1) is 6.54 Å². The van der Waals surface area contributed by atoms with Crippen LogP contribution in [0.25, 0.3) is 33.4 Å². The summed E-state index contributed by atoms with van der Waals surface area (Å²) in [6.07, 6.45) is -0.929. The number of nitrogens with zero attached hydrogens (tertiary/aromatic N) is 2. The van der Waals surface area contributed by atoms with Gasteiger partial charge in [-0.05, 0) is 108 Å². The van der Waals surface area contributed by atoms with Gasteiger partial charge in [-0.25, -0.2) is 14.4 Å². The van der Waals surface area contributed by atoms with E-state index in [2.05, 4.69) is 81.9 Å². The Bertz CT molecular complexity index is 3520. The molecule has 96 heavy (non-hydrogen) atoms. The SMILES string of the molecule is CC(C)(C)OC(=O)CNCCNC(=O)OCC1c2ccccc2-c2ccccc21.CCC(=O)N(CCNC(=O)OCC1c2ccccc2-c2ccccc21)CC(=O)O.CCC(=O)N(CCNC(=O)OCC1c2ccccc2-c2ccccc21)CC(=O)OC(C)(C)C.CCC(=O)O.[H+]. The van der Waals surface area contributed by atoms with E-state index in [4.69, 9.17) is 33.9 Å². The summed E-state index contributed by atoms with van der Waals surface area (Å²) in [5.41, 5.74) is 12.8. The molecule has 9 rings (SSSR count). The monoisotopic (exact) mass is 1320 g/mol. The Kier molecular flexibility index (Phi) is 28.5. The van der Waals surface area contributed by atoms with Gasteiger partial charge in [0.2, 0.25) is 11.8 Å². The van der Waals surface area contributed by atoms with Gasteiger partial charge in [-0.3, -0.25) is 28.8 Å². The second-order valence-corrected chi connectivity index (χ2v) is 24.6. The number of aliphatic carboxylic acids is 2. The molecule has 3 aliphatic carbocycles. The van der Waals surface area contributed by atoms with E-state index in [-0.39, 0.29) is 122 Å². The van der Waals surface area contributed by atoms with Crippen molar-refractivity contribution < 1.29 is 78.5 Å². The third-order valence-electron chi connectivity index (χ3n) is 15.3. The minimum atomic E-state index is -1.09. The summed E-state index contributed by atoms with van der Waals surface area (Å²) < 4.78 is 26.9. The Hall–Kier alpha value is -10.1. The average molecular weight is 1320 g/mol. The van der Waals surface area contributed by atoms with Gasteiger partial charge in [-0.2, -0.15) is 0 Å². The fraction of sp³-hybridized carbons (Fsp3) is 0.392. The highest BCUT2D eigenvalue weighted by atomic mass is 16.6. The topological polar surface area (TPSA) is 295 Å². The van der Waals surface area contributed by atoms with Crippen LogP contribution >= 0.6 is 0 Å². The zero-order valence-corrected chi connectivity index (χ0v) is 56.2. The average Bonchev–Trinajstić information content (AvgIpc) is 1.64. The molecule has 22 heteroatoms. The fourth-order valence-corrected chi connectivity index (χ4v) is 11.1. The highest BCUT2D eigenvalue weighted by Crippen LogP contribution is 2.47. The van der Waals surface area contributed by atoms with Crippen LogP contribution in [0.3, 0.4) is 0 Å². The third kappa shape index (κ3) is 22.8. The van der Waals surface area contributed by atoms with Gasteiger partial charge in [-0.15, -0.1) is 0 Å². The lowest BCUT2D eigenvalue weighted by Gasteiger charge is -2.25. The largest absolute Gasteiger partial charge is 1.00 e. The number of hydrogen-bond donors (Lipinski definition) is 6. The quantitative estimate of drug-likeness (QED) is 0.0186. The summed E-state index contributed by atoms with van der Waals surface area (Å²) in [5.74, 6) is -3.11. The van der Waals surface area contributed by atoms with Crippen molar-refractivity contribution in [2.45, 2.75) is 111 Å². The number of amides is 5. The molecular weight excluding hydrogens is 1230 g/mol. The Morgan fingerprint density at radius 2 is 0.677 bits per heavy atom. The molecule has 0 fully saturated rings. The second-order valence-electron chi connectivity index (χ2n) is 24.6. The van der Waals surface area contributed by atoms with E-state index in [1.54, 1.807) is 41.5 Å². The standard InChI is InChI=1S/C26H32N2O5.C23H28N2O4.C22H24N2O5.C3H6O2/c1-5-23(29)28(16-24(30)33-26(2,3)4)15-14-27-25(31)32-17-22-20-12-8-6-10-18(20)19-11-7-9-13-21(19)22;1-23(2,3)29-21(26)14-24-12-13-25-22(27)28-15-20-18-10-6-4-8-16(18)17-9-5-7-11-19(17)20;1-2-20(25)24(13-21(26)27)12-11-23-22(28)29-14-19-17-9-5-3-7-15(17)16-8-4-6-10-18(16)19;1-2-3(4)5/h6-13,22H,5,14-17H2,1-4H3,(H,27,31);4-11,20,24H,12-15H2,1-3H3,(H,25,27);3-10,19H,2,11-14H2,1H3,(H,23,28)(H,26,27);2H2,1H3,(H,4,5)/p+1. The lowest BCUT2D eigenvalue weighted by Crippen LogP contribution is -2.42. The summed E-state index contributed by atoms with van der Waals surface area (Å²) in [4.78, 5) is 107. The maximum absolute atomic E-state index is 12.3. The predicted molar refractivity (Wildman–Crippen MR) is 364 cm³/mol. The maximum Gasteiger partial charge on any atom is 1.00 e. The van der Waals surface area contributed by atoms with E-state index >= 15 is 0 Å². The first-order valence-electron chi connectivity index (χ1n) is 32.2. The zero-order chi connectivity index (χ0) is 70.0. The smallest absolute Gasteiger partial charge is 0.481 e. The van der Waals surface area contributed by atoms with Crippen molar-refractivity contribution in [3.63, 3.8) is 0 Å². The van der Waals surface area contributed by atoms with Crippen LogP contribution in [-0.2, 0) is 52.5 Å². The van der Waals surface area contributed by atoms with E-state index < -0.39 is 47.4 Å². The van der Waals surface area contributed by atoms with E-state index in [9.17, 15) is 43.2 Å². The molecular formula is C74H91N6O16+. The summed E-state index contributed by atoms with van der Waals surface area (Å²) in [6, 6.07) is 48.9. The predicted octanol–water partition coefficient (Wildman–Crippen LogP) is 11.0. The number of alkyl carbamates (subject to hydrolysis) is 3. The second kappa shape index (κ2) is 36.5. The van der Waals surface area contributed by atoms with Crippen LogP contribution in [-0.4, -0.2) is 164 Å². The van der Waals surface area contributed by atoms with Gasteiger partial charge in [0.25, 0.3) is 0 Å². The molecule has 0 spiro atoms. The van der Waals surface area contributed by atoms with E-state index in [1.807, 2.05) is 106 Å². The Balaban J connectivity index is 0.000000253. The molecule has 0 aromatic heterocycles. The maximum atomic E-state index is 12.3. The molecule has 0 atom stereocenters. The summed E-state index contributed by atoms with van der Waals surface area (Å²) in [6.45, 7) is 17.4. The van der Waals surface area contributed by atoms with Gasteiger partial charge in [0.15, 0.2) is 0 Å². The highest BCUT2D eigenvalue weighted by molar-refractivity contribution is 5.84. The van der Waals surface area contributed by atoms with Crippen LogP contribution in [0.1, 0.15) is 134 Å². The van der Waals surface area contributed by atoms with Crippen molar-refractivity contribution in [3.8, 4) is 33.4 Å². The molecule has 0 unspecified atom stereocenters. The minimum Gasteiger partial charge on any atom is -0.481 e. The first-order valence-corrected chi connectivity index (χ1v) is 32.2. The Morgan fingerprint density at radius 3 is 0.958 bits per heavy atom. The molecule has 22 nitrogen and oxygen atoms in total. The van der Waals surface area contributed by atoms with Crippen molar-refractivity contribution in [1.82, 2.24) is 31.1 Å². The highest BCUT2D eigenvalue weighted by Gasteiger charge is 2.32. The normalized spacial score (nSPS) is 12.2. The van der Waals surface area contributed by atoms with Gasteiger partial charge in [-0.1, -0.05) is 166 Å². The van der Waals surface area contributed by atoms with Crippen LogP contribution in [0.2, 0.25) is 0 Å². The molecule has 0 aliphatic heterocycles. The van der Waals surface area contributed by atoms with Crippen LogP contribution in [0, 0.1) is 0 Å². The number of nitrogens with one attached hydrogen (secondary N) is 4. The number of carboxylic acid groups (broad SMARTS) is 2. The Labute approximate surface area is 562 Å². The summed E-state index contributed by atoms with van der Waals surface area (Å²) >= 11 is 0. The van der Waals surface area contributed by atoms with Crippen LogP contribution in [0.4, 0.5) is 14.4 Å². The molecule has 0 bridgehead atoms. The molecule has 0 saturated heterocycles. The molecule has 5 amide bonds. The zero-order valence-electron chi connectivity index (χ0n) is 57.2. The van der Waals surface area contributed by atoms with E-state index in [0.717, 1.165) is 44.5 Å². The van der Waals surface area contributed by atoms with Gasteiger partial charge in [0.1, 0.15) is 44.1 Å².